The maximum Gasteiger partial charge on any atom is 0.168 e. The molecule has 2 aromatic heterocycles. The maximum atomic E-state index is 14.0. The number of nitriles is 1. The lowest BCUT2D eigenvalue weighted by molar-refractivity contribution is 0.310. The quantitative estimate of drug-likeness (QED) is 0.421. The zero-order chi connectivity index (χ0) is 22.7. The third kappa shape index (κ3) is 3.88. The lowest BCUT2D eigenvalue weighted by Gasteiger charge is -2.12. The largest absolute Gasteiger partial charge is 0.493 e. The first kappa shape index (κ1) is 21.0. The molecule has 160 valence electrons. The molecule has 6 nitrogen and oxygen atoms in total. The fourth-order valence-electron chi connectivity index (χ4n) is 3.32. The number of hydrogen-bond acceptors (Lipinski definition) is 5. The van der Waals surface area contributed by atoms with Crippen molar-refractivity contribution in [1.29, 1.82) is 5.26 Å². The molecule has 0 atom stereocenters. The van der Waals surface area contributed by atoms with E-state index in [1.807, 2.05) is 25.1 Å². The van der Waals surface area contributed by atoms with Gasteiger partial charge in [0.1, 0.15) is 17.7 Å². The lowest BCUT2D eigenvalue weighted by Crippen LogP contribution is -2.01. The van der Waals surface area contributed by atoms with Crippen LogP contribution in [0.3, 0.4) is 0 Å². The number of nitrogens with zero attached hydrogens (tertiary/aromatic N) is 4. The molecule has 0 saturated carbocycles. The average molecular weight is 432 g/mol. The highest BCUT2D eigenvalue weighted by atomic mass is 19.2. The monoisotopic (exact) mass is 432 g/mol. The highest BCUT2D eigenvalue weighted by Crippen LogP contribution is 2.33. The van der Waals surface area contributed by atoms with Gasteiger partial charge >= 0.3 is 0 Å². The fourth-order valence-corrected chi connectivity index (χ4v) is 3.32. The summed E-state index contributed by atoms with van der Waals surface area (Å²) in [4.78, 5) is 8.75. The number of methoxy groups -OCH3 is 1. The van der Waals surface area contributed by atoms with Crippen molar-refractivity contribution in [1.82, 2.24) is 14.5 Å². The molecule has 0 aliphatic heterocycles. The lowest BCUT2D eigenvalue weighted by atomic mass is 10.1. The molecule has 2 heterocycles. The number of hydrogen-bond donors (Lipinski definition) is 0. The minimum absolute atomic E-state index is 0.269. The number of rotatable bonds is 6. The summed E-state index contributed by atoms with van der Waals surface area (Å²) in [6.07, 6.45) is 4.89. The highest BCUT2D eigenvalue weighted by Gasteiger charge is 2.16. The van der Waals surface area contributed by atoms with E-state index in [1.165, 1.54) is 6.20 Å². The van der Waals surface area contributed by atoms with Crippen LogP contribution >= 0.6 is 0 Å². The van der Waals surface area contributed by atoms with E-state index in [-0.39, 0.29) is 5.52 Å². The van der Waals surface area contributed by atoms with Gasteiger partial charge in [0, 0.05) is 23.9 Å². The molecule has 0 unspecified atom stereocenters. The van der Waals surface area contributed by atoms with Crippen molar-refractivity contribution in [3.05, 3.63) is 77.2 Å². The molecule has 0 amide bonds. The van der Waals surface area contributed by atoms with E-state index in [4.69, 9.17) is 14.7 Å². The Labute approximate surface area is 183 Å². The van der Waals surface area contributed by atoms with Crippen LogP contribution in [-0.4, -0.2) is 28.3 Å². The van der Waals surface area contributed by atoms with Gasteiger partial charge in [0.05, 0.1) is 30.3 Å². The van der Waals surface area contributed by atoms with Crippen LogP contribution in [0.5, 0.6) is 11.5 Å². The minimum atomic E-state index is -0.991. The molecule has 0 N–H and O–H groups in total. The van der Waals surface area contributed by atoms with Crippen molar-refractivity contribution in [2.45, 2.75) is 6.92 Å². The maximum absolute atomic E-state index is 14.0. The summed E-state index contributed by atoms with van der Waals surface area (Å²) in [6.45, 7) is 2.33. The van der Waals surface area contributed by atoms with Crippen molar-refractivity contribution < 1.29 is 18.3 Å². The Morgan fingerprint density at radius 2 is 1.94 bits per heavy atom. The topological polar surface area (TPSA) is 73.0 Å². The van der Waals surface area contributed by atoms with Crippen molar-refractivity contribution in [2.75, 3.05) is 13.7 Å². The Morgan fingerprint density at radius 3 is 2.62 bits per heavy atom. The third-order valence-electron chi connectivity index (χ3n) is 4.76. The van der Waals surface area contributed by atoms with Crippen molar-refractivity contribution >= 4 is 23.2 Å². The van der Waals surface area contributed by atoms with E-state index in [1.54, 1.807) is 42.0 Å². The normalized spacial score (nSPS) is 11.1. The predicted molar refractivity (Wildman–Crippen MR) is 117 cm³/mol. The molecular formula is C24H18F2N4O2. The van der Waals surface area contributed by atoms with Crippen LogP contribution in [0.2, 0.25) is 0 Å². The Bertz CT molecular complexity index is 1360. The Hall–Kier alpha value is -4.25. The number of fused-ring (bicyclic) bond motifs is 1. The van der Waals surface area contributed by atoms with Gasteiger partial charge in [0.2, 0.25) is 0 Å². The van der Waals surface area contributed by atoms with Crippen LogP contribution in [0.25, 0.3) is 29.0 Å². The molecule has 32 heavy (non-hydrogen) atoms. The van der Waals surface area contributed by atoms with Crippen molar-refractivity contribution in [3.8, 4) is 23.4 Å². The molecule has 0 spiro atoms. The molecular weight excluding hydrogens is 414 g/mol. The smallest absolute Gasteiger partial charge is 0.168 e. The van der Waals surface area contributed by atoms with E-state index in [2.05, 4.69) is 9.97 Å². The van der Waals surface area contributed by atoms with Gasteiger partial charge in [-0.2, -0.15) is 5.26 Å². The van der Waals surface area contributed by atoms with Gasteiger partial charge in [0.15, 0.2) is 23.1 Å². The predicted octanol–water partition coefficient (Wildman–Crippen LogP) is 5.15. The van der Waals surface area contributed by atoms with Gasteiger partial charge in [-0.1, -0.05) is 12.1 Å². The summed E-state index contributed by atoms with van der Waals surface area (Å²) < 4.78 is 40.6. The summed E-state index contributed by atoms with van der Waals surface area (Å²) in [5, 5.41) is 9.04. The molecule has 4 aromatic rings. The van der Waals surface area contributed by atoms with Gasteiger partial charge in [-0.25, -0.2) is 18.7 Å². The number of benzene rings is 2. The fraction of sp³-hybridized carbons (Fsp3) is 0.125. The molecule has 8 heteroatoms. The summed E-state index contributed by atoms with van der Waals surface area (Å²) in [5.74, 6) is -0.0168. The molecule has 2 aromatic carbocycles. The van der Waals surface area contributed by atoms with Crippen molar-refractivity contribution in [3.63, 3.8) is 0 Å². The molecule has 4 rings (SSSR count). The second-order valence-electron chi connectivity index (χ2n) is 6.72. The van der Waals surface area contributed by atoms with E-state index < -0.39 is 11.6 Å². The van der Waals surface area contributed by atoms with Gasteiger partial charge in [-0.3, -0.25) is 4.57 Å². The van der Waals surface area contributed by atoms with Gasteiger partial charge in [-0.15, -0.1) is 0 Å². The number of halogens is 2. The second-order valence-corrected chi connectivity index (χ2v) is 6.72. The van der Waals surface area contributed by atoms with Gasteiger partial charge in [0.25, 0.3) is 0 Å². The van der Waals surface area contributed by atoms with E-state index >= 15 is 0 Å². The Balaban J connectivity index is 1.88. The number of para-hydroxylation sites is 1. The van der Waals surface area contributed by atoms with Crippen LogP contribution in [-0.2, 0) is 0 Å². The Kier molecular flexibility index (Phi) is 5.81. The molecule has 0 saturated heterocycles. The molecule has 0 aliphatic carbocycles. The molecule has 0 fully saturated rings. The molecule has 0 aliphatic rings. The first-order valence-corrected chi connectivity index (χ1v) is 9.77. The molecule has 0 bridgehead atoms. The van der Waals surface area contributed by atoms with Crippen LogP contribution in [0.15, 0.2) is 48.7 Å². The zero-order valence-electron chi connectivity index (χ0n) is 17.3. The Morgan fingerprint density at radius 1 is 1.12 bits per heavy atom. The number of imidazole rings is 1. The van der Waals surface area contributed by atoms with Gasteiger partial charge in [-0.05, 0) is 37.3 Å². The van der Waals surface area contributed by atoms with Crippen LogP contribution in [0.1, 0.15) is 23.9 Å². The van der Waals surface area contributed by atoms with Crippen LogP contribution < -0.4 is 9.47 Å². The van der Waals surface area contributed by atoms with Crippen LogP contribution in [0.4, 0.5) is 8.78 Å². The first-order valence-electron chi connectivity index (χ1n) is 9.77. The van der Waals surface area contributed by atoms with Crippen molar-refractivity contribution in [2.24, 2.45) is 0 Å². The zero-order valence-corrected chi connectivity index (χ0v) is 17.3. The van der Waals surface area contributed by atoms with Gasteiger partial charge < -0.3 is 9.47 Å². The van der Waals surface area contributed by atoms with E-state index in [9.17, 15) is 8.78 Å². The summed E-state index contributed by atoms with van der Waals surface area (Å²) >= 11 is 0. The number of ether oxygens (including phenoxy) is 2. The first-order chi connectivity index (χ1) is 15.5. The second kappa shape index (κ2) is 8.86. The molecule has 0 radical (unpaired) electrons. The van der Waals surface area contributed by atoms with E-state index in [0.717, 1.165) is 17.7 Å². The van der Waals surface area contributed by atoms with E-state index in [0.29, 0.717) is 40.8 Å². The summed E-state index contributed by atoms with van der Waals surface area (Å²) in [7, 11) is 1.56. The number of pyridine rings is 1. The standard InChI is InChI=1S/C24H18F2N4O2/c1-3-32-24-16(5-4-6-21(24)31-2)8-10-23-29-19-11-17(25)18(26)12-20(19)30(23)22-9-7-15(13-27)14-28-22/h4-12,14H,3H2,1-2H3/b10-8+. The highest BCUT2D eigenvalue weighted by molar-refractivity contribution is 5.82. The SMILES string of the molecule is CCOc1c(/C=C/c2nc3cc(F)c(F)cc3n2-c2ccc(C#N)cn2)cccc1OC. The summed E-state index contributed by atoms with van der Waals surface area (Å²) in [5.41, 5.74) is 1.74. The number of aromatic nitrogens is 3. The van der Waals surface area contributed by atoms with Crippen LogP contribution in [0, 0.1) is 23.0 Å². The summed E-state index contributed by atoms with van der Waals surface area (Å²) in [6, 6.07) is 12.8. The minimum Gasteiger partial charge on any atom is -0.493 e. The third-order valence-corrected chi connectivity index (χ3v) is 4.76. The average Bonchev–Trinajstić information content (AvgIpc) is 3.15.